The average molecular weight is 944 g/mol. The third-order valence-electron chi connectivity index (χ3n) is 14.8. The molecule has 0 bridgehead atoms. The number of rotatable bonds is 13. The first-order chi connectivity index (χ1) is 31.9. The third-order valence-corrected chi connectivity index (χ3v) is 16.1. The van der Waals surface area contributed by atoms with E-state index < -0.39 is 49.1 Å². The van der Waals surface area contributed by atoms with Crippen LogP contribution in [0.15, 0.2) is 90.1 Å². The number of aromatic amines is 1. The van der Waals surface area contributed by atoms with E-state index >= 15 is 0 Å². The largest absolute Gasteiger partial charge is 0.455 e. The van der Waals surface area contributed by atoms with Gasteiger partial charge in [-0.2, -0.15) is 13.2 Å². The Hall–Kier alpha value is -5.72. The molecule has 1 atom stereocenters. The number of ether oxygens (including phenoxy) is 1. The number of piperidine rings is 1. The maximum atomic E-state index is 14.0. The number of alkyl halides is 3. The van der Waals surface area contributed by atoms with Gasteiger partial charge < -0.3 is 25.0 Å². The molecule has 14 nitrogen and oxygen atoms in total. The van der Waals surface area contributed by atoms with Crippen molar-refractivity contribution >= 4 is 44.0 Å². The van der Waals surface area contributed by atoms with E-state index in [9.17, 15) is 41.6 Å². The van der Waals surface area contributed by atoms with Crippen LogP contribution < -0.4 is 19.7 Å². The quantitative estimate of drug-likeness (QED) is 0.0651. The van der Waals surface area contributed by atoms with Crippen LogP contribution >= 0.6 is 0 Å². The van der Waals surface area contributed by atoms with Crippen molar-refractivity contribution in [3.05, 3.63) is 112 Å². The van der Waals surface area contributed by atoms with E-state index in [4.69, 9.17) is 4.74 Å². The number of amides is 1. The number of likely N-dealkylation sites (tertiary alicyclic amines) is 1. The zero-order valence-electron chi connectivity index (χ0n) is 37.5. The standard InChI is InChI=1S/C49H56F3N7O7S/c1-31(2)38-6-3-4-7-39(38)42-8-5-21-58(42)35-27-47(28-35)18-22-57(23-19-47)34-9-11-40(44(25-34)66-36-24-32-15-20-53-45(32)54-29-36)46(60)56-67(64,65)37-10-12-41(43(26-37)59(62)63)55-30-48(61)16-13-33(14-17-48)49(50,51)52/h3-4,6-7,9-12,15,20,24-26,29,31,33,35,42,55,61H,5,8,13-14,16-19,21-23,27-28,30H2,1-2H3,(H,53,54)(H,56,60). The van der Waals surface area contributed by atoms with Gasteiger partial charge >= 0.3 is 6.18 Å². The zero-order valence-corrected chi connectivity index (χ0v) is 38.3. The van der Waals surface area contributed by atoms with Gasteiger partial charge in [0.25, 0.3) is 21.6 Å². The minimum atomic E-state index is -4.71. The molecule has 1 amide bonds. The number of hydrogen-bond acceptors (Lipinski definition) is 11. The average Bonchev–Trinajstić information content (AvgIpc) is 3.97. The summed E-state index contributed by atoms with van der Waals surface area (Å²) in [4.78, 5) is 37.2. The number of sulfonamides is 1. The van der Waals surface area contributed by atoms with E-state index in [0.717, 1.165) is 74.6 Å². The van der Waals surface area contributed by atoms with Crippen molar-refractivity contribution in [3.63, 3.8) is 0 Å². The summed E-state index contributed by atoms with van der Waals surface area (Å²) in [7, 11) is -4.71. The number of hydrogen-bond donors (Lipinski definition) is 4. The van der Waals surface area contributed by atoms with Crippen molar-refractivity contribution in [2.24, 2.45) is 11.3 Å². The highest BCUT2D eigenvalue weighted by molar-refractivity contribution is 7.90. The summed E-state index contributed by atoms with van der Waals surface area (Å²) in [5.41, 5.74) is 2.14. The molecule has 4 heterocycles. The molecule has 5 aromatic rings. The number of carbonyl (C=O) groups is 1. The van der Waals surface area contributed by atoms with Crippen LogP contribution in [0.3, 0.4) is 0 Å². The number of aliphatic hydroxyl groups is 1. The molecule has 4 fully saturated rings. The minimum Gasteiger partial charge on any atom is -0.455 e. The van der Waals surface area contributed by atoms with Crippen molar-refractivity contribution in [2.75, 3.05) is 36.4 Å². The van der Waals surface area contributed by atoms with Crippen LogP contribution in [0.5, 0.6) is 11.5 Å². The first kappa shape index (κ1) is 46.4. The summed E-state index contributed by atoms with van der Waals surface area (Å²) in [6.45, 7) is 6.96. The first-order valence-corrected chi connectivity index (χ1v) is 24.6. The molecule has 3 aromatic carbocycles. The Labute approximate surface area is 387 Å². The Bertz CT molecular complexity index is 2760. The van der Waals surface area contributed by atoms with Gasteiger partial charge in [0.1, 0.15) is 22.8 Å². The molecular weight excluding hydrogens is 888 g/mol. The highest BCUT2D eigenvalue weighted by atomic mass is 32.2. The number of fused-ring (bicyclic) bond motifs is 1. The van der Waals surface area contributed by atoms with Crippen LogP contribution in [0.2, 0.25) is 0 Å². The number of nitro benzene ring substituents is 1. The Morgan fingerprint density at radius 2 is 1.75 bits per heavy atom. The number of H-pyrrole nitrogens is 1. The lowest BCUT2D eigenvalue weighted by atomic mass is 9.59. The molecule has 2 aliphatic carbocycles. The highest BCUT2D eigenvalue weighted by Gasteiger charge is 2.50. The number of aromatic nitrogens is 2. The third kappa shape index (κ3) is 9.70. The minimum absolute atomic E-state index is 0.0837. The van der Waals surface area contributed by atoms with Gasteiger partial charge in [-0.1, -0.05) is 38.1 Å². The topological polar surface area (TPSA) is 183 Å². The molecular formula is C49H56F3N7O7S. The fraction of sp³-hybridized carbons (Fsp3) is 0.469. The molecule has 4 aliphatic rings. The number of carbonyl (C=O) groups excluding carboxylic acids is 1. The van der Waals surface area contributed by atoms with Crippen LogP contribution in [-0.4, -0.2) is 83.2 Å². The number of nitro groups is 1. The number of halogens is 3. The molecule has 0 radical (unpaired) electrons. The smallest absolute Gasteiger partial charge is 0.391 e. The highest BCUT2D eigenvalue weighted by Crippen LogP contribution is 2.54. The zero-order chi connectivity index (χ0) is 47.3. The van der Waals surface area contributed by atoms with Crippen molar-refractivity contribution in [3.8, 4) is 11.5 Å². The van der Waals surface area contributed by atoms with Gasteiger partial charge in [-0.25, -0.2) is 18.1 Å². The fourth-order valence-corrected chi connectivity index (χ4v) is 11.9. The Morgan fingerprint density at radius 3 is 2.46 bits per heavy atom. The second-order valence-corrected chi connectivity index (χ2v) is 21.0. The van der Waals surface area contributed by atoms with E-state index in [1.807, 2.05) is 10.8 Å². The molecule has 67 heavy (non-hydrogen) atoms. The lowest BCUT2D eigenvalue weighted by Gasteiger charge is -2.56. The van der Waals surface area contributed by atoms with Crippen molar-refractivity contribution in [1.82, 2.24) is 19.6 Å². The predicted octanol–water partition coefficient (Wildman–Crippen LogP) is 9.99. The maximum absolute atomic E-state index is 14.0. The fourth-order valence-electron chi connectivity index (χ4n) is 10.9. The summed E-state index contributed by atoms with van der Waals surface area (Å²) < 4.78 is 75.4. The van der Waals surface area contributed by atoms with Crippen LogP contribution in [0.25, 0.3) is 11.0 Å². The van der Waals surface area contributed by atoms with Gasteiger partial charge in [-0.05, 0) is 130 Å². The van der Waals surface area contributed by atoms with Crippen LogP contribution in [0.1, 0.15) is 112 Å². The van der Waals surface area contributed by atoms with Gasteiger partial charge in [0.05, 0.1) is 33.1 Å². The van der Waals surface area contributed by atoms with E-state index in [-0.39, 0.29) is 54.6 Å². The summed E-state index contributed by atoms with van der Waals surface area (Å²) in [6.07, 6.45) is 4.67. The second kappa shape index (κ2) is 18.1. The summed E-state index contributed by atoms with van der Waals surface area (Å²) >= 11 is 0. The van der Waals surface area contributed by atoms with E-state index in [1.165, 1.54) is 36.2 Å². The molecule has 2 aliphatic heterocycles. The van der Waals surface area contributed by atoms with Crippen LogP contribution in [0, 0.1) is 21.4 Å². The van der Waals surface area contributed by atoms with Gasteiger partial charge in [0.15, 0.2) is 0 Å². The van der Waals surface area contributed by atoms with E-state index in [0.29, 0.717) is 29.4 Å². The molecule has 356 valence electrons. The van der Waals surface area contributed by atoms with Crippen LogP contribution in [-0.2, 0) is 10.0 Å². The Morgan fingerprint density at radius 1 is 1.00 bits per heavy atom. The van der Waals surface area contributed by atoms with Gasteiger partial charge in [0, 0.05) is 61.1 Å². The maximum Gasteiger partial charge on any atom is 0.391 e. The molecule has 9 rings (SSSR count). The normalized spacial score (nSPS) is 22.5. The van der Waals surface area contributed by atoms with Gasteiger partial charge in [-0.15, -0.1) is 0 Å². The molecule has 2 saturated carbocycles. The Kier molecular flexibility index (Phi) is 12.5. The number of benzene rings is 3. The number of nitrogens with one attached hydrogen (secondary N) is 3. The molecule has 2 saturated heterocycles. The number of pyridine rings is 1. The van der Waals surface area contributed by atoms with Crippen molar-refractivity contribution < 1.29 is 41.2 Å². The lowest BCUT2D eigenvalue weighted by molar-refractivity contribution is -0.384. The Balaban J connectivity index is 0.890. The summed E-state index contributed by atoms with van der Waals surface area (Å²) in [6, 6.07) is 21.4. The number of anilines is 2. The number of nitrogens with zero attached hydrogens (tertiary/aromatic N) is 4. The molecule has 1 unspecified atom stereocenters. The lowest BCUT2D eigenvalue weighted by Crippen LogP contribution is -2.54. The molecule has 18 heteroatoms. The molecule has 2 aromatic heterocycles. The van der Waals surface area contributed by atoms with E-state index in [1.54, 1.807) is 24.4 Å². The molecule has 4 N–H and O–H groups in total. The van der Waals surface area contributed by atoms with Crippen LogP contribution in [0.4, 0.5) is 30.2 Å². The summed E-state index contributed by atoms with van der Waals surface area (Å²) in [5, 5.41) is 26.6. The predicted molar refractivity (Wildman–Crippen MR) is 248 cm³/mol. The molecule has 1 spiro atoms. The summed E-state index contributed by atoms with van der Waals surface area (Å²) in [5.74, 6) is -1.70. The van der Waals surface area contributed by atoms with Gasteiger partial charge in [-0.3, -0.25) is 19.8 Å². The SMILES string of the molecule is CC(C)c1ccccc1C1CCCN1C1CC2(CCN(c3ccc(C(=O)NS(=O)(=O)c4ccc(NCC5(O)CCC(C(F)(F)F)CC5)c([N+](=O)[O-])c4)c(Oc4cnc5[nH]ccc5c4)c3)CC2)C1. The first-order valence-electron chi connectivity index (χ1n) is 23.1. The second-order valence-electron chi connectivity index (χ2n) is 19.4. The van der Waals surface area contributed by atoms with Crippen molar-refractivity contribution in [2.45, 2.75) is 113 Å². The van der Waals surface area contributed by atoms with Crippen molar-refractivity contribution in [1.29, 1.82) is 0 Å². The van der Waals surface area contributed by atoms with E-state index in [2.05, 4.69) is 63.2 Å². The van der Waals surface area contributed by atoms with Gasteiger partial charge in [0.2, 0.25) is 0 Å². The monoisotopic (exact) mass is 943 g/mol.